The normalized spacial score (nSPS) is 20.2. The van der Waals surface area contributed by atoms with Gasteiger partial charge in [0.1, 0.15) is 0 Å². The lowest BCUT2D eigenvalue weighted by Crippen LogP contribution is -2.19. The van der Waals surface area contributed by atoms with Crippen molar-refractivity contribution in [2.45, 2.75) is 40.0 Å². The molecule has 0 atom stereocenters. The fourth-order valence-electron chi connectivity index (χ4n) is 1.70. The van der Waals surface area contributed by atoms with Gasteiger partial charge in [0.15, 0.2) is 0 Å². The zero-order chi connectivity index (χ0) is 9.73. The van der Waals surface area contributed by atoms with Crippen LogP contribution in [0.3, 0.4) is 0 Å². The van der Waals surface area contributed by atoms with Crippen LogP contribution >= 0.6 is 0 Å². The second kappa shape index (κ2) is 4.80. The first-order valence-electron chi connectivity index (χ1n) is 5.48. The monoisotopic (exact) mass is 181 g/mol. The highest BCUT2D eigenvalue weighted by atomic mass is 15.1. The molecule has 1 nitrogen and oxygen atoms in total. The Labute approximate surface area is 82.8 Å². The van der Waals surface area contributed by atoms with Crippen LogP contribution in [-0.2, 0) is 0 Å². The molecule has 1 rings (SSSR count). The van der Waals surface area contributed by atoms with Crippen molar-refractivity contribution in [2.24, 2.45) is 5.41 Å². The molecule has 1 fully saturated rings. The number of nitrogens with zero attached hydrogens (tertiary/aromatic N) is 1. The van der Waals surface area contributed by atoms with E-state index in [0.717, 1.165) is 0 Å². The Kier molecular flexibility index (Phi) is 3.98. The molecule has 1 saturated heterocycles. The maximum atomic E-state index is 2.56. The lowest BCUT2D eigenvalue weighted by atomic mass is 9.96. The van der Waals surface area contributed by atoms with E-state index in [-0.39, 0.29) is 0 Å². The van der Waals surface area contributed by atoms with Crippen molar-refractivity contribution in [2.75, 3.05) is 19.6 Å². The quantitative estimate of drug-likeness (QED) is 0.605. The number of likely N-dealkylation sites (tertiary alicyclic amines) is 1. The standard InChI is InChI=1S/C12H23N/c1-12(2,3)8-4-5-9-13-10-6-7-11-13/h4,8H,5-7,9-11H2,1-3H3/b8-4+. The van der Waals surface area contributed by atoms with E-state index in [9.17, 15) is 0 Å². The summed E-state index contributed by atoms with van der Waals surface area (Å²) in [6.45, 7) is 10.7. The molecule has 0 spiro atoms. The molecule has 1 heteroatoms. The number of allylic oxidation sites excluding steroid dienone is 1. The van der Waals surface area contributed by atoms with Crippen molar-refractivity contribution in [1.82, 2.24) is 4.90 Å². The van der Waals surface area contributed by atoms with Crippen molar-refractivity contribution < 1.29 is 0 Å². The SMILES string of the molecule is CC(C)(C)/C=C/CCN1CCCC1. The third kappa shape index (κ3) is 5.09. The van der Waals surface area contributed by atoms with E-state index < -0.39 is 0 Å². The Balaban J connectivity index is 2.09. The predicted molar refractivity (Wildman–Crippen MR) is 58.9 cm³/mol. The molecule has 13 heavy (non-hydrogen) atoms. The van der Waals surface area contributed by atoms with Gasteiger partial charge in [-0.2, -0.15) is 0 Å². The van der Waals surface area contributed by atoms with Gasteiger partial charge in [-0.15, -0.1) is 0 Å². The van der Waals surface area contributed by atoms with Crippen LogP contribution in [0.5, 0.6) is 0 Å². The van der Waals surface area contributed by atoms with Crippen molar-refractivity contribution in [3.63, 3.8) is 0 Å². The van der Waals surface area contributed by atoms with Gasteiger partial charge in [0.25, 0.3) is 0 Å². The molecule has 76 valence electrons. The fraction of sp³-hybridized carbons (Fsp3) is 0.833. The first-order valence-corrected chi connectivity index (χ1v) is 5.48. The summed E-state index contributed by atoms with van der Waals surface area (Å²) in [5.74, 6) is 0. The fourth-order valence-corrected chi connectivity index (χ4v) is 1.70. The minimum absolute atomic E-state index is 0.352. The third-order valence-corrected chi connectivity index (χ3v) is 2.43. The molecular weight excluding hydrogens is 158 g/mol. The number of rotatable bonds is 3. The summed E-state index contributed by atoms with van der Waals surface area (Å²) < 4.78 is 0. The predicted octanol–water partition coefficient (Wildman–Crippen LogP) is 3.07. The van der Waals surface area contributed by atoms with Gasteiger partial charge in [0.2, 0.25) is 0 Å². The molecule has 0 N–H and O–H groups in total. The van der Waals surface area contributed by atoms with E-state index in [1.165, 1.54) is 38.9 Å². The van der Waals surface area contributed by atoms with Crippen molar-refractivity contribution in [3.8, 4) is 0 Å². The van der Waals surface area contributed by atoms with Gasteiger partial charge < -0.3 is 4.90 Å². The molecule has 0 aromatic rings. The largest absolute Gasteiger partial charge is 0.303 e. The highest BCUT2D eigenvalue weighted by molar-refractivity contribution is 4.92. The summed E-state index contributed by atoms with van der Waals surface area (Å²) in [7, 11) is 0. The summed E-state index contributed by atoms with van der Waals surface area (Å²) in [5, 5.41) is 0. The summed E-state index contributed by atoms with van der Waals surface area (Å²) in [6, 6.07) is 0. The van der Waals surface area contributed by atoms with Crippen molar-refractivity contribution in [3.05, 3.63) is 12.2 Å². The van der Waals surface area contributed by atoms with Crippen LogP contribution in [0.1, 0.15) is 40.0 Å². The van der Waals surface area contributed by atoms with Gasteiger partial charge in [-0.05, 0) is 37.8 Å². The molecule has 0 bridgehead atoms. The van der Waals surface area contributed by atoms with Crippen LogP contribution in [0.15, 0.2) is 12.2 Å². The highest BCUT2D eigenvalue weighted by Gasteiger charge is 2.09. The van der Waals surface area contributed by atoms with Crippen LogP contribution < -0.4 is 0 Å². The van der Waals surface area contributed by atoms with Crippen LogP contribution in [0, 0.1) is 5.41 Å². The molecule has 1 heterocycles. The van der Waals surface area contributed by atoms with E-state index in [0.29, 0.717) is 5.41 Å². The molecule has 0 amide bonds. The molecular formula is C12H23N. The van der Waals surface area contributed by atoms with Gasteiger partial charge in [-0.25, -0.2) is 0 Å². The first-order chi connectivity index (χ1) is 6.08. The summed E-state index contributed by atoms with van der Waals surface area (Å²) in [6.07, 6.45) is 8.69. The third-order valence-electron chi connectivity index (χ3n) is 2.43. The molecule has 1 aliphatic rings. The van der Waals surface area contributed by atoms with Crippen molar-refractivity contribution in [1.29, 1.82) is 0 Å². The van der Waals surface area contributed by atoms with E-state index in [4.69, 9.17) is 0 Å². The number of hydrogen-bond acceptors (Lipinski definition) is 1. The summed E-state index contributed by atoms with van der Waals surface area (Å²) >= 11 is 0. The second-order valence-electron chi connectivity index (χ2n) is 5.11. The van der Waals surface area contributed by atoms with Gasteiger partial charge in [0, 0.05) is 6.54 Å². The molecule has 0 radical (unpaired) electrons. The molecule has 0 saturated carbocycles. The zero-order valence-corrected chi connectivity index (χ0v) is 9.34. The molecule has 0 aromatic heterocycles. The Hall–Kier alpha value is -0.300. The summed E-state index contributed by atoms with van der Waals surface area (Å²) in [4.78, 5) is 2.56. The van der Waals surface area contributed by atoms with Gasteiger partial charge in [-0.1, -0.05) is 32.9 Å². The van der Waals surface area contributed by atoms with Crippen LogP contribution in [0.4, 0.5) is 0 Å². The Morgan fingerprint density at radius 1 is 1.15 bits per heavy atom. The van der Waals surface area contributed by atoms with Gasteiger partial charge in [-0.3, -0.25) is 0 Å². The average molecular weight is 181 g/mol. The number of hydrogen-bond donors (Lipinski definition) is 0. The molecule has 0 unspecified atom stereocenters. The lowest BCUT2D eigenvalue weighted by Gasteiger charge is -2.14. The molecule has 0 aromatic carbocycles. The maximum Gasteiger partial charge on any atom is 0.00159 e. The average Bonchev–Trinajstić information content (AvgIpc) is 2.48. The maximum absolute atomic E-state index is 2.56. The van der Waals surface area contributed by atoms with E-state index in [2.05, 4.69) is 37.8 Å². The minimum atomic E-state index is 0.352. The zero-order valence-electron chi connectivity index (χ0n) is 9.34. The Morgan fingerprint density at radius 2 is 1.77 bits per heavy atom. The molecule has 1 aliphatic heterocycles. The summed E-state index contributed by atoms with van der Waals surface area (Å²) in [5.41, 5.74) is 0.352. The smallest absolute Gasteiger partial charge is 0.00159 e. The topological polar surface area (TPSA) is 3.24 Å². The lowest BCUT2D eigenvalue weighted by molar-refractivity contribution is 0.345. The molecule has 0 aliphatic carbocycles. The van der Waals surface area contributed by atoms with Crippen molar-refractivity contribution >= 4 is 0 Å². The highest BCUT2D eigenvalue weighted by Crippen LogP contribution is 2.15. The Morgan fingerprint density at radius 3 is 2.31 bits per heavy atom. The minimum Gasteiger partial charge on any atom is -0.303 e. The van der Waals surface area contributed by atoms with E-state index >= 15 is 0 Å². The van der Waals surface area contributed by atoms with Crippen LogP contribution in [0.25, 0.3) is 0 Å². The second-order valence-corrected chi connectivity index (χ2v) is 5.11. The van der Waals surface area contributed by atoms with Crippen LogP contribution in [0.2, 0.25) is 0 Å². The van der Waals surface area contributed by atoms with Gasteiger partial charge >= 0.3 is 0 Å². The Bertz CT molecular complexity index is 158. The first kappa shape index (κ1) is 10.8. The van der Waals surface area contributed by atoms with Gasteiger partial charge in [0.05, 0.1) is 0 Å². The van der Waals surface area contributed by atoms with E-state index in [1.54, 1.807) is 0 Å². The van der Waals surface area contributed by atoms with E-state index in [1.807, 2.05) is 0 Å². The van der Waals surface area contributed by atoms with Crippen LogP contribution in [-0.4, -0.2) is 24.5 Å².